The minimum atomic E-state index is -0.997. The summed E-state index contributed by atoms with van der Waals surface area (Å²) < 4.78 is 5.54. The second-order valence-corrected chi connectivity index (χ2v) is 6.86. The first-order valence-electron chi connectivity index (χ1n) is 9.46. The van der Waals surface area contributed by atoms with Gasteiger partial charge in [0.1, 0.15) is 11.2 Å². The van der Waals surface area contributed by atoms with Crippen LogP contribution in [0.5, 0.6) is 5.88 Å². The highest BCUT2D eigenvalue weighted by molar-refractivity contribution is 6.09. The lowest BCUT2D eigenvalue weighted by molar-refractivity contribution is -0.144. The summed E-state index contributed by atoms with van der Waals surface area (Å²) in [6.45, 7) is 6.36. The zero-order chi connectivity index (χ0) is 20.1. The molecule has 2 aromatic rings. The van der Waals surface area contributed by atoms with Crippen molar-refractivity contribution in [3.63, 3.8) is 0 Å². The molecule has 1 aliphatic heterocycles. The molecule has 0 bridgehead atoms. The van der Waals surface area contributed by atoms with Gasteiger partial charge in [-0.3, -0.25) is 9.59 Å². The smallest absolute Gasteiger partial charge is 0.268 e. The zero-order valence-electron chi connectivity index (χ0n) is 16.4. The Kier molecular flexibility index (Phi) is 5.78. The normalized spacial score (nSPS) is 21.0. The maximum absolute atomic E-state index is 13.3. The van der Waals surface area contributed by atoms with Crippen LogP contribution in [-0.2, 0) is 16.0 Å². The van der Waals surface area contributed by atoms with Gasteiger partial charge < -0.3 is 15.0 Å². The Bertz CT molecular complexity index is 895. The first-order chi connectivity index (χ1) is 13.5. The van der Waals surface area contributed by atoms with Crippen molar-refractivity contribution in [1.82, 2.24) is 15.2 Å². The highest BCUT2D eigenvalue weighted by Gasteiger charge is 2.45. The van der Waals surface area contributed by atoms with Crippen molar-refractivity contribution in [2.45, 2.75) is 32.7 Å². The molecule has 3 rings (SSSR count). The number of piperazine rings is 1. The van der Waals surface area contributed by atoms with Crippen LogP contribution in [-0.4, -0.2) is 40.4 Å². The molecule has 1 fully saturated rings. The van der Waals surface area contributed by atoms with E-state index in [0.29, 0.717) is 36.7 Å². The molecule has 146 valence electrons. The minimum Gasteiger partial charge on any atom is -0.478 e. The minimum absolute atomic E-state index is 0.133. The van der Waals surface area contributed by atoms with Gasteiger partial charge in [0, 0.05) is 24.7 Å². The predicted molar refractivity (Wildman–Crippen MR) is 107 cm³/mol. The first-order valence-corrected chi connectivity index (χ1v) is 9.46. The van der Waals surface area contributed by atoms with Gasteiger partial charge in [0.05, 0.1) is 6.61 Å². The lowest BCUT2D eigenvalue weighted by Gasteiger charge is -2.40. The number of pyridine rings is 1. The number of hydrogen-bond donors (Lipinski definition) is 1. The Balaban J connectivity index is 1.94. The fourth-order valence-electron chi connectivity index (χ4n) is 3.40. The zero-order valence-corrected chi connectivity index (χ0v) is 16.4. The largest absolute Gasteiger partial charge is 0.478 e. The fourth-order valence-corrected chi connectivity index (χ4v) is 3.40. The first kappa shape index (κ1) is 19.6. The van der Waals surface area contributed by atoms with Gasteiger partial charge in [-0.25, -0.2) is 4.98 Å². The van der Waals surface area contributed by atoms with Crippen molar-refractivity contribution >= 4 is 17.9 Å². The molecule has 2 amide bonds. The average Bonchev–Trinajstić information content (AvgIpc) is 2.69. The van der Waals surface area contributed by atoms with Crippen LogP contribution in [0, 0.1) is 0 Å². The van der Waals surface area contributed by atoms with E-state index in [1.165, 1.54) is 4.90 Å². The number of ether oxygens (including phenoxy) is 1. The van der Waals surface area contributed by atoms with Gasteiger partial charge in [0.15, 0.2) is 0 Å². The topological polar surface area (TPSA) is 71.5 Å². The molecule has 0 radical (unpaired) electrons. The Morgan fingerprint density at radius 3 is 2.57 bits per heavy atom. The van der Waals surface area contributed by atoms with E-state index in [-0.39, 0.29) is 11.8 Å². The second-order valence-electron chi connectivity index (χ2n) is 6.86. The number of carbonyl (C=O) groups excluding carboxylic acids is 2. The number of amides is 2. The van der Waals surface area contributed by atoms with Crippen molar-refractivity contribution in [1.29, 1.82) is 0 Å². The van der Waals surface area contributed by atoms with Crippen molar-refractivity contribution in [3.8, 4) is 5.88 Å². The summed E-state index contributed by atoms with van der Waals surface area (Å²) in [5.41, 5.74) is 0.955. The monoisotopic (exact) mass is 379 g/mol. The van der Waals surface area contributed by atoms with Gasteiger partial charge in [-0.05, 0) is 44.5 Å². The molecule has 6 heteroatoms. The van der Waals surface area contributed by atoms with E-state index in [1.807, 2.05) is 50.2 Å². The third kappa shape index (κ3) is 3.91. The van der Waals surface area contributed by atoms with Gasteiger partial charge in [-0.1, -0.05) is 30.3 Å². The third-order valence-corrected chi connectivity index (χ3v) is 4.72. The summed E-state index contributed by atoms with van der Waals surface area (Å²) in [5, 5.41) is 2.92. The van der Waals surface area contributed by atoms with E-state index in [2.05, 4.69) is 10.3 Å². The summed E-state index contributed by atoms with van der Waals surface area (Å²) in [6.07, 6.45) is 3.73. The van der Waals surface area contributed by atoms with Gasteiger partial charge >= 0.3 is 0 Å². The molecule has 1 aromatic carbocycles. The number of carbonyl (C=O) groups is 2. The molecular weight excluding hydrogens is 354 g/mol. The van der Waals surface area contributed by atoms with Gasteiger partial charge in [0.2, 0.25) is 5.88 Å². The number of nitrogens with one attached hydrogen (secondary N) is 1. The maximum atomic E-state index is 13.3. The van der Waals surface area contributed by atoms with Crippen molar-refractivity contribution in [2.24, 2.45) is 0 Å². The Hall–Kier alpha value is -3.15. The number of benzene rings is 1. The van der Waals surface area contributed by atoms with Crippen LogP contribution in [0.25, 0.3) is 6.08 Å². The average molecular weight is 379 g/mol. The van der Waals surface area contributed by atoms with E-state index in [1.54, 1.807) is 25.3 Å². The number of nitrogens with zero attached hydrogens (tertiary/aromatic N) is 2. The Morgan fingerprint density at radius 2 is 1.89 bits per heavy atom. The summed E-state index contributed by atoms with van der Waals surface area (Å²) >= 11 is 0. The van der Waals surface area contributed by atoms with Crippen LogP contribution in [0.1, 0.15) is 31.9 Å². The highest BCUT2D eigenvalue weighted by atomic mass is 16.5. The lowest BCUT2D eigenvalue weighted by atomic mass is 9.88. The quantitative estimate of drug-likeness (QED) is 0.784. The summed E-state index contributed by atoms with van der Waals surface area (Å²) in [4.78, 5) is 32.0. The molecule has 2 heterocycles. The van der Waals surface area contributed by atoms with Crippen molar-refractivity contribution in [3.05, 3.63) is 65.5 Å². The van der Waals surface area contributed by atoms with Gasteiger partial charge in [-0.15, -0.1) is 0 Å². The van der Waals surface area contributed by atoms with Crippen LogP contribution in [0.15, 0.2) is 54.4 Å². The molecule has 1 aromatic heterocycles. The Labute approximate surface area is 165 Å². The number of hydrogen-bond acceptors (Lipinski definition) is 4. The molecule has 1 saturated heterocycles. The summed E-state index contributed by atoms with van der Waals surface area (Å²) in [6, 6.07) is 13.3. The third-order valence-electron chi connectivity index (χ3n) is 4.72. The lowest BCUT2D eigenvalue weighted by Crippen LogP contribution is -2.65. The SMILES string of the molecule is CCOc1ncccc1C=C1C(=O)NC(C)(Cc2ccccc2)C(=O)N1CC. The predicted octanol–water partition coefficient (Wildman–Crippen LogP) is 2.80. The fraction of sp³-hybridized carbons (Fsp3) is 0.318. The van der Waals surface area contributed by atoms with Crippen LogP contribution in [0.4, 0.5) is 0 Å². The number of likely N-dealkylation sites (N-methyl/N-ethyl adjacent to an activating group) is 1. The van der Waals surface area contributed by atoms with Crippen LogP contribution in [0.3, 0.4) is 0 Å². The van der Waals surface area contributed by atoms with Gasteiger partial charge in [-0.2, -0.15) is 0 Å². The molecule has 0 spiro atoms. The second kappa shape index (κ2) is 8.25. The van der Waals surface area contributed by atoms with Crippen LogP contribution >= 0.6 is 0 Å². The molecule has 28 heavy (non-hydrogen) atoms. The molecule has 1 N–H and O–H groups in total. The molecule has 0 aliphatic carbocycles. The standard InChI is InChI=1S/C22H25N3O3/c1-4-25-18(14-17-12-9-13-23-20(17)28-5-2)19(26)24-22(3,21(25)27)15-16-10-7-6-8-11-16/h6-14H,4-5,15H2,1-3H3,(H,24,26). The van der Waals surface area contributed by atoms with Gasteiger partial charge in [0.25, 0.3) is 11.8 Å². The summed E-state index contributed by atoms with van der Waals surface area (Å²) in [5.74, 6) is 0.0177. The van der Waals surface area contributed by atoms with E-state index in [4.69, 9.17) is 4.74 Å². The number of rotatable bonds is 6. The van der Waals surface area contributed by atoms with Crippen LogP contribution < -0.4 is 10.1 Å². The van der Waals surface area contributed by atoms with Crippen LogP contribution in [0.2, 0.25) is 0 Å². The molecule has 6 nitrogen and oxygen atoms in total. The van der Waals surface area contributed by atoms with E-state index in [9.17, 15) is 9.59 Å². The molecule has 0 saturated carbocycles. The van der Waals surface area contributed by atoms with Crippen molar-refractivity contribution in [2.75, 3.05) is 13.2 Å². The van der Waals surface area contributed by atoms with E-state index >= 15 is 0 Å². The highest BCUT2D eigenvalue weighted by Crippen LogP contribution is 2.27. The Morgan fingerprint density at radius 1 is 1.14 bits per heavy atom. The van der Waals surface area contributed by atoms with Crippen molar-refractivity contribution < 1.29 is 14.3 Å². The molecule has 1 atom stereocenters. The number of aromatic nitrogens is 1. The molecular formula is C22H25N3O3. The molecule has 1 unspecified atom stereocenters. The maximum Gasteiger partial charge on any atom is 0.268 e. The summed E-state index contributed by atoms with van der Waals surface area (Å²) in [7, 11) is 0. The molecule has 1 aliphatic rings. The van der Waals surface area contributed by atoms with E-state index < -0.39 is 5.54 Å². The van der Waals surface area contributed by atoms with E-state index in [0.717, 1.165) is 5.56 Å².